The van der Waals surface area contributed by atoms with Gasteiger partial charge in [-0.25, -0.2) is 0 Å². The SMILES string of the molecule is CC(=O)Nc1ccc(CC(=O)NCC(CC(C)C)N2CCOCC2)cc1. The monoisotopic (exact) mass is 361 g/mol. The molecule has 2 N–H and O–H groups in total. The van der Waals surface area contributed by atoms with Crippen molar-refractivity contribution in [3.8, 4) is 0 Å². The molecule has 0 spiro atoms. The van der Waals surface area contributed by atoms with Crippen LogP contribution in [0.15, 0.2) is 24.3 Å². The van der Waals surface area contributed by atoms with Gasteiger partial charge in [0.1, 0.15) is 0 Å². The van der Waals surface area contributed by atoms with Gasteiger partial charge in [0, 0.05) is 38.3 Å². The summed E-state index contributed by atoms with van der Waals surface area (Å²) in [4.78, 5) is 25.8. The fourth-order valence-corrected chi connectivity index (χ4v) is 3.24. The van der Waals surface area contributed by atoms with E-state index in [4.69, 9.17) is 4.74 Å². The second kappa shape index (κ2) is 10.3. The molecule has 26 heavy (non-hydrogen) atoms. The van der Waals surface area contributed by atoms with Crippen LogP contribution in [0, 0.1) is 5.92 Å². The smallest absolute Gasteiger partial charge is 0.224 e. The van der Waals surface area contributed by atoms with Crippen LogP contribution in [-0.2, 0) is 20.7 Å². The van der Waals surface area contributed by atoms with E-state index in [0.717, 1.165) is 44.0 Å². The summed E-state index contributed by atoms with van der Waals surface area (Å²) < 4.78 is 5.44. The molecule has 1 atom stereocenters. The van der Waals surface area contributed by atoms with Gasteiger partial charge >= 0.3 is 0 Å². The molecule has 1 aromatic rings. The first-order valence-electron chi connectivity index (χ1n) is 9.39. The standard InChI is InChI=1S/C20H31N3O3/c1-15(2)12-19(23-8-10-26-11-9-23)14-21-20(25)13-17-4-6-18(7-5-17)22-16(3)24/h4-7,15,19H,8-14H2,1-3H3,(H,21,25)(H,22,24). The van der Waals surface area contributed by atoms with E-state index in [1.807, 2.05) is 24.3 Å². The van der Waals surface area contributed by atoms with Crippen LogP contribution in [0.1, 0.15) is 32.8 Å². The highest BCUT2D eigenvalue weighted by Gasteiger charge is 2.22. The van der Waals surface area contributed by atoms with Gasteiger partial charge in [-0.2, -0.15) is 0 Å². The summed E-state index contributed by atoms with van der Waals surface area (Å²) in [5.41, 5.74) is 1.68. The highest BCUT2D eigenvalue weighted by atomic mass is 16.5. The largest absolute Gasteiger partial charge is 0.379 e. The highest BCUT2D eigenvalue weighted by Crippen LogP contribution is 2.13. The molecule has 0 saturated carbocycles. The number of carbonyl (C=O) groups excluding carboxylic acids is 2. The minimum atomic E-state index is -0.102. The first-order chi connectivity index (χ1) is 12.4. The van der Waals surface area contributed by atoms with Gasteiger partial charge in [-0.05, 0) is 30.0 Å². The molecule has 2 rings (SSSR count). The third-order valence-corrected chi connectivity index (χ3v) is 4.48. The zero-order chi connectivity index (χ0) is 18.9. The molecule has 1 aliphatic heterocycles. The molecule has 1 saturated heterocycles. The van der Waals surface area contributed by atoms with Gasteiger partial charge in [0.2, 0.25) is 11.8 Å². The Morgan fingerprint density at radius 2 is 1.81 bits per heavy atom. The van der Waals surface area contributed by atoms with Crippen LogP contribution in [0.25, 0.3) is 0 Å². The average Bonchev–Trinajstić information content (AvgIpc) is 2.60. The number of hydrogen-bond donors (Lipinski definition) is 2. The van der Waals surface area contributed by atoms with E-state index in [0.29, 0.717) is 24.9 Å². The maximum Gasteiger partial charge on any atom is 0.224 e. The normalized spacial score (nSPS) is 16.3. The molecule has 2 amide bonds. The molecule has 1 heterocycles. The van der Waals surface area contributed by atoms with Gasteiger partial charge in [0.15, 0.2) is 0 Å². The van der Waals surface area contributed by atoms with Crippen LogP contribution in [0.2, 0.25) is 0 Å². The lowest BCUT2D eigenvalue weighted by atomic mass is 10.0. The molecule has 1 aliphatic rings. The van der Waals surface area contributed by atoms with Crippen LogP contribution in [0.5, 0.6) is 0 Å². The van der Waals surface area contributed by atoms with E-state index in [1.54, 1.807) is 0 Å². The second-order valence-electron chi connectivity index (χ2n) is 7.29. The summed E-state index contributed by atoms with van der Waals surface area (Å²) in [5, 5.41) is 5.81. The fraction of sp³-hybridized carbons (Fsp3) is 0.600. The summed E-state index contributed by atoms with van der Waals surface area (Å²) in [6.07, 6.45) is 1.41. The van der Waals surface area contributed by atoms with Crippen molar-refractivity contribution in [1.82, 2.24) is 10.2 Å². The molecule has 1 aromatic carbocycles. The Labute approximate surface area is 156 Å². The molecule has 6 heteroatoms. The Kier molecular flexibility index (Phi) is 8.06. The number of morpholine rings is 1. The number of carbonyl (C=O) groups is 2. The van der Waals surface area contributed by atoms with Gasteiger partial charge in [-0.1, -0.05) is 26.0 Å². The van der Waals surface area contributed by atoms with E-state index in [-0.39, 0.29) is 11.8 Å². The summed E-state index contributed by atoms with van der Waals surface area (Å²) >= 11 is 0. The Morgan fingerprint density at radius 3 is 2.38 bits per heavy atom. The predicted molar refractivity (Wildman–Crippen MR) is 103 cm³/mol. The number of anilines is 1. The lowest BCUT2D eigenvalue weighted by Crippen LogP contribution is -2.49. The second-order valence-corrected chi connectivity index (χ2v) is 7.29. The predicted octanol–water partition coefficient (Wildman–Crippen LogP) is 2.05. The van der Waals surface area contributed by atoms with Gasteiger partial charge in [0.05, 0.1) is 19.6 Å². The molecule has 0 aliphatic carbocycles. The Bertz CT molecular complexity index is 580. The van der Waals surface area contributed by atoms with Crippen molar-refractivity contribution in [2.24, 2.45) is 5.92 Å². The summed E-state index contributed by atoms with van der Waals surface area (Å²) in [6.45, 7) is 9.96. The molecule has 144 valence electrons. The number of ether oxygens (including phenoxy) is 1. The number of hydrogen-bond acceptors (Lipinski definition) is 4. The molecular weight excluding hydrogens is 330 g/mol. The molecular formula is C20H31N3O3. The summed E-state index contributed by atoms with van der Waals surface area (Å²) in [6, 6.07) is 7.74. The third-order valence-electron chi connectivity index (χ3n) is 4.48. The topological polar surface area (TPSA) is 70.7 Å². The fourth-order valence-electron chi connectivity index (χ4n) is 3.24. The molecule has 1 unspecified atom stereocenters. The Balaban J connectivity index is 1.83. The number of rotatable bonds is 8. The van der Waals surface area contributed by atoms with Crippen molar-refractivity contribution in [2.45, 2.75) is 39.7 Å². The maximum absolute atomic E-state index is 12.3. The van der Waals surface area contributed by atoms with Crippen molar-refractivity contribution >= 4 is 17.5 Å². The van der Waals surface area contributed by atoms with Gasteiger partial charge in [-0.3, -0.25) is 14.5 Å². The Hall–Kier alpha value is -1.92. The van der Waals surface area contributed by atoms with Crippen molar-refractivity contribution in [1.29, 1.82) is 0 Å². The maximum atomic E-state index is 12.3. The van der Waals surface area contributed by atoms with E-state index < -0.39 is 0 Å². The average molecular weight is 361 g/mol. The van der Waals surface area contributed by atoms with Crippen molar-refractivity contribution < 1.29 is 14.3 Å². The van der Waals surface area contributed by atoms with Crippen LogP contribution in [0.4, 0.5) is 5.69 Å². The van der Waals surface area contributed by atoms with Gasteiger partial charge in [-0.15, -0.1) is 0 Å². The van der Waals surface area contributed by atoms with E-state index >= 15 is 0 Å². The van der Waals surface area contributed by atoms with Crippen molar-refractivity contribution in [3.05, 3.63) is 29.8 Å². The number of nitrogens with one attached hydrogen (secondary N) is 2. The molecule has 0 radical (unpaired) electrons. The number of benzene rings is 1. The minimum Gasteiger partial charge on any atom is -0.379 e. The summed E-state index contributed by atoms with van der Waals surface area (Å²) in [7, 11) is 0. The quantitative estimate of drug-likeness (QED) is 0.743. The van der Waals surface area contributed by atoms with E-state index in [1.165, 1.54) is 6.92 Å². The van der Waals surface area contributed by atoms with E-state index in [9.17, 15) is 9.59 Å². The number of nitrogens with zero attached hydrogens (tertiary/aromatic N) is 1. The van der Waals surface area contributed by atoms with Crippen LogP contribution in [0.3, 0.4) is 0 Å². The first-order valence-corrected chi connectivity index (χ1v) is 9.39. The van der Waals surface area contributed by atoms with Crippen LogP contribution in [-0.4, -0.2) is 55.6 Å². The van der Waals surface area contributed by atoms with Crippen LogP contribution >= 0.6 is 0 Å². The number of amides is 2. The first kappa shape index (κ1) is 20.4. The van der Waals surface area contributed by atoms with Gasteiger partial charge in [0.25, 0.3) is 0 Å². The zero-order valence-electron chi connectivity index (χ0n) is 16.1. The Morgan fingerprint density at radius 1 is 1.15 bits per heavy atom. The lowest BCUT2D eigenvalue weighted by molar-refractivity contribution is -0.120. The molecule has 1 fully saturated rings. The lowest BCUT2D eigenvalue weighted by Gasteiger charge is -2.35. The third kappa shape index (κ3) is 7.14. The summed E-state index contributed by atoms with van der Waals surface area (Å²) in [5.74, 6) is 0.509. The van der Waals surface area contributed by atoms with E-state index in [2.05, 4.69) is 29.4 Å². The van der Waals surface area contributed by atoms with Crippen molar-refractivity contribution in [3.63, 3.8) is 0 Å². The molecule has 6 nitrogen and oxygen atoms in total. The van der Waals surface area contributed by atoms with Crippen LogP contribution < -0.4 is 10.6 Å². The minimum absolute atomic E-state index is 0.0271. The zero-order valence-corrected chi connectivity index (χ0v) is 16.1. The van der Waals surface area contributed by atoms with Crippen molar-refractivity contribution in [2.75, 3.05) is 38.2 Å². The van der Waals surface area contributed by atoms with Gasteiger partial charge < -0.3 is 15.4 Å². The highest BCUT2D eigenvalue weighted by molar-refractivity contribution is 5.88. The molecule has 0 bridgehead atoms. The molecule has 0 aromatic heterocycles.